The van der Waals surface area contributed by atoms with Gasteiger partial charge in [0.05, 0.1) is 23.9 Å². The molecule has 0 aliphatic carbocycles. The first-order chi connectivity index (χ1) is 17.6. The molecular weight excluding hydrogens is 477 g/mol. The van der Waals surface area contributed by atoms with Crippen molar-refractivity contribution in [3.05, 3.63) is 101 Å². The molecule has 5 nitrogen and oxygen atoms in total. The average molecular weight is 507 g/mol. The number of rotatable bonds is 8. The lowest BCUT2D eigenvalue weighted by molar-refractivity contribution is -0.137. The van der Waals surface area contributed by atoms with Crippen LogP contribution in [0.2, 0.25) is 0 Å². The summed E-state index contributed by atoms with van der Waals surface area (Å²) in [6.45, 7) is 7.60. The summed E-state index contributed by atoms with van der Waals surface area (Å²) in [6, 6.07) is 7.36. The standard InChI is InChI=1S/C29H29F3N4O/c1-5-20(4)6-8-22(14-19(2)3)24-10-7-21(15-25(24)29(30,31)32)16-28(37)36-27-11-9-23(17-35-27)26-18-33-12-13-34-26/h6-15,17-18H,5,16H2,1-4H3,(H,35,36,37)/b20-6+,22-8+. The monoisotopic (exact) mass is 506 g/mol. The van der Waals surface area contributed by atoms with Gasteiger partial charge in [0.1, 0.15) is 5.82 Å². The normalized spacial score (nSPS) is 12.3. The third-order valence-electron chi connectivity index (χ3n) is 5.50. The topological polar surface area (TPSA) is 67.8 Å². The molecule has 0 saturated carbocycles. The second kappa shape index (κ2) is 12.3. The highest BCUT2D eigenvalue weighted by Crippen LogP contribution is 2.36. The Bertz CT molecular complexity index is 1320. The predicted octanol–water partition coefficient (Wildman–Crippen LogP) is 7.44. The van der Waals surface area contributed by atoms with E-state index in [9.17, 15) is 18.0 Å². The molecule has 0 aliphatic heterocycles. The van der Waals surface area contributed by atoms with E-state index in [2.05, 4.69) is 20.3 Å². The van der Waals surface area contributed by atoms with Gasteiger partial charge in [0.15, 0.2) is 0 Å². The van der Waals surface area contributed by atoms with Gasteiger partial charge in [-0.15, -0.1) is 0 Å². The molecule has 37 heavy (non-hydrogen) atoms. The number of halogens is 3. The highest BCUT2D eigenvalue weighted by atomic mass is 19.4. The third-order valence-corrected chi connectivity index (χ3v) is 5.50. The minimum atomic E-state index is -4.59. The second-order valence-corrected chi connectivity index (χ2v) is 8.84. The summed E-state index contributed by atoms with van der Waals surface area (Å²) in [5.41, 5.74) is 3.29. The number of anilines is 1. The van der Waals surface area contributed by atoms with Crippen molar-refractivity contribution in [2.24, 2.45) is 0 Å². The molecule has 1 aromatic carbocycles. The van der Waals surface area contributed by atoms with Crippen LogP contribution in [0.4, 0.5) is 19.0 Å². The first kappa shape index (κ1) is 27.5. The molecule has 2 aromatic heterocycles. The van der Waals surface area contributed by atoms with E-state index in [1.54, 1.807) is 55.1 Å². The van der Waals surface area contributed by atoms with Gasteiger partial charge in [-0.2, -0.15) is 13.2 Å². The summed E-state index contributed by atoms with van der Waals surface area (Å²) in [7, 11) is 0. The van der Waals surface area contributed by atoms with Crippen molar-refractivity contribution in [3.8, 4) is 11.3 Å². The first-order valence-corrected chi connectivity index (χ1v) is 11.8. The van der Waals surface area contributed by atoms with Crippen molar-refractivity contribution in [1.82, 2.24) is 15.0 Å². The van der Waals surface area contributed by atoms with Gasteiger partial charge in [-0.1, -0.05) is 48.4 Å². The Morgan fingerprint density at radius 1 is 1.00 bits per heavy atom. The number of alkyl halides is 3. The number of nitrogens with one attached hydrogen (secondary N) is 1. The minimum Gasteiger partial charge on any atom is -0.310 e. The molecule has 1 N–H and O–H groups in total. The van der Waals surface area contributed by atoms with Crippen molar-refractivity contribution in [2.45, 2.75) is 46.7 Å². The lowest BCUT2D eigenvalue weighted by Gasteiger charge is -2.16. The maximum Gasteiger partial charge on any atom is 0.417 e. The molecule has 3 aromatic rings. The van der Waals surface area contributed by atoms with Crippen LogP contribution in [0, 0.1) is 0 Å². The molecule has 0 aliphatic rings. The van der Waals surface area contributed by atoms with Crippen molar-refractivity contribution in [1.29, 1.82) is 0 Å². The van der Waals surface area contributed by atoms with Gasteiger partial charge in [-0.05, 0) is 62.1 Å². The van der Waals surface area contributed by atoms with Crippen LogP contribution in [-0.4, -0.2) is 20.9 Å². The Morgan fingerprint density at radius 2 is 1.78 bits per heavy atom. The highest BCUT2D eigenvalue weighted by molar-refractivity contribution is 5.91. The molecule has 0 saturated heterocycles. The van der Waals surface area contributed by atoms with Gasteiger partial charge >= 0.3 is 6.18 Å². The number of pyridine rings is 1. The molecule has 0 radical (unpaired) electrons. The van der Waals surface area contributed by atoms with E-state index in [0.717, 1.165) is 29.2 Å². The maximum absolute atomic E-state index is 14.1. The van der Waals surface area contributed by atoms with Crippen LogP contribution in [0.5, 0.6) is 0 Å². The summed E-state index contributed by atoms with van der Waals surface area (Å²) in [6.07, 6.45) is 7.52. The van der Waals surface area contributed by atoms with E-state index >= 15 is 0 Å². The van der Waals surface area contributed by atoms with Crippen molar-refractivity contribution in [3.63, 3.8) is 0 Å². The molecule has 0 bridgehead atoms. The number of carbonyl (C=O) groups is 1. The Balaban J connectivity index is 1.84. The van der Waals surface area contributed by atoms with Crippen molar-refractivity contribution < 1.29 is 18.0 Å². The van der Waals surface area contributed by atoms with Crippen LogP contribution in [0.3, 0.4) is 0 Å². The summed E-state index contributed by atoms with van der Waals surface area (Å²) in [5, 5.41) is 2.63. The van der Waals surface area contributed by atoms with E-state index < -0.39 is 17.6 Å². The maximum atomic E-state index is 14.1. The van der Waals surface area contributed by atoms with Crippen LogP contribution in [0.25, 0.3) is 16.8 Å². The van der Waals surface area contributed by atoms with E-state index in [1.807, 2.05) is 33.8 Å². The number of hydrogen-bond donors (Lipinski definition) is 1. The SMILES string of the molecule is CC/C(C)=C/C=C(\C=C(C)C)c1ccc(CC(=O)Nc2ccc(-c3cnccn3)cn2)cc1C(F)(F)F. The molecular formula is C29H29F3N4O. The number of hydrogen-bond acceptors (Lipinski definition) is 4. The molecule has 0 spiro atoms. The highest BCUT2D eigenvalue weighted by Gasteiger charge is 2.34. The third kappa shape index (κ3) is 7.96. The van der Waals surface area contributed by atoms with Crippen LogP contribution < -0.4 is 5.32 Å². The molecule has 8 heteroatoms. The number of carbonyl (C=O) groups excluding carboxylic acids is 1. The van der Waals surface area contributed by atoms with Gasteiger partial charge in [-0.3, -0.25) is 14.8 Å². The van der Waals surface area contributed by atoms with Crippen LogP contribution >= 0.6 is 0 Å². The van der Waals surface area contributed by atoms with Gasteiger partial charge in [0.2, 0.25) is 5.91 Å². The number of allylic oxidation sites excluding steroid dienone is 6. The van der Waals surface area contributed by atoms with Gasteiger partial charge in [0.25, 0.3) is 0 Å². The van der Waals surface area contributed by atoms with Gasteiger partial charge in [-0.25, -0.2) is 4.98 Å². The average Bonchev–Trinajstić information content (AvgIpc) is 2.86. The quantitative estimate of drug-likeness (QED) is 0.322. The summed E-state index contributed by atoms with van der Waals surface area (Å²) in [5.74, 6) is -0.181. The van der Waals surface area contributed by atoms with Crippen LogP contribution in [-0.2, 0) is 17.4 Å². The number of nitrogens with zero attached hydrogens (tertiary/aromatic N) is 3. The Labute approximate surface area is 214 Å². The first-order valence-electron chi connectivity index (χ1n) is 11.8. The van der Waals surface area contributed by atoms with E-state index in [-0.39, 0.29) is 23.4 Å². The second-order valence-electron chi connectivity index (χ2n) is 8.84. The smallest absolute Gasteiger partial charge is 0.310 e. The molecule has 192 valence electrons. The van der Waals surface area contributed by atoms with Crippen molar-refractivity contribution in [2.75, 3.05) is 5.32 Å². The zero-order valence-electron chi connectivity index (χ0n) is 21.2. The van der Waals surface area contributed by atoms with E-state index in [1.165, 1.54) is 6.07 Å². The minimum absolute atomic E-state index is 0.0688. The zero-order valence-corrected chi connectivity index (χ0v) is 21.2. The Hall–Kier alpha value is -4.07. The number of benzene rings is 1. The van der Waals surface area contributed by atoms with Crippen LogP contribution in [0.1, 0.15) is 50.8 Å². The fraction of sp³-hybridized carbons (Fsp3) is 0.241. The van der Waals surface area contributed by atoms with Gasteiger partial charge < -0.3 is 5.32 Å². The van der Waals surface area contributed by atoms with Gasteiger partial charge in [0, 0.05) is 24.2 Å². The lowest BCUT2D eigenvalue weighted by atomic mass is 9.94. The lowest BCUT2D eigenvalue weighted by Crippen LogP contribution is -2.16. The number of aromatic nitrogens is 3. The molecule has 3 rings (SSSR count). The van der Waals surface area contributed by atoms with E-state index in [0.29, 0.717) is 11.3 Å². The van der Waals surface area contributed by atoms with Crippen LogP contribution in [0.15, 0.2) is 84.5 Å². The largest absolute Gasteiger partial charge is 0.417 e. The van der Waals surface area contributed by atoms with Crippen molar-refractivity contribution >= 4 is 17.3 Å². The Morgan fingerprint density at radius 3 is 2.38 bits per heavy atom. The summed E-state index contributed by atoms with van der Waals surface area (Å²) in [4.78, 5) is 25.0. The zero-order chi connectivity index (χ0) is 27.0. The van der Waals surface area contributed by atoms with E-state index in [4.69, 9.17) is 0 Å². The molecule has 0 fully saturated rings. The molecule has 2 heterocycles. The molecule has 1 amide bonds. The number of amides is 1. The fourth-order valence-corrected chi connectivity index (χ4v) is 3.50. The molecule has 0 unspecified atom stereocenters. The summed E-state index contributed by atoms with van der Waals surface area (Å²) < 4.78 is 42.2. The molecule has 0 atom stereocenters. The summed E-state index contributed by atoms with van der Waals surface area (Å²) >= 11 is 0. The Kier molecular flexibility index (Phi) is 9.11. The predicted molar refractivity (Wildman–Crippen MR) is 140 cm³/mol. The fourth-order valence-electron chi connectivity index (χ4n) is 3.50.